The van der Waals surface area contributed by atoms with Crippen LogP contribution in [-0.2, 0) is 11.3 Å². The molecule has 2 rings (SSSR count). The summed E-state index contributed by atoms with van der Waals surface area (Å²) in [5.41, 5.74) is 0. The Morgan fingerprint density at radius 1 is 1.69 bits per heavy atom. The molecule has 2 heterocycles. The van der Waals surface area contributed by atoms with Gasteiger partial charge in [-0.15, -0.1) is 0 Å². The number of amides is 2. The Hall–Kier alpha value is -1.98. The van der Waals surface area contributed by atoms with Crippen LogP contribution < -0.4 is 5.32 Å². The molecule has 0 radical (unpaired) electrons. The molecule has 1 atom stereocenters. The molecule has 1 aliphatic heterocycles. The summed E-state index contributed by atoms with van der Waals surface area (Å²) in [4.78, 5) is 23.6. The number of carbonyl (C=O) groups is 2. The standard InChI is InChI=1S/C10H12N2O4/c13-9(14)4-7-5-11-10(15)12(7)6-8-2-1-3-16-8/h1-3,7H,4-6H2,(H,11,15)(H,13,14). The van der Waals surface area contributed by atoms with Gasteiger partial charge in [0.25, 0.3) is 0 Å². The Kier molecular flexibility index (Phi) is 2.80. The molecular formula is C10H12N2O4. The second-order valence-electron chi connectivity index (χ2n) is 3.65. The fraction of sp³-hybridized carbons (Fsp3) is 0.400. The summed E-state index contributed by atoms with van der Waals surface area (Å²) >= 11 is 0. The molecule has 86 valence electrons. The third-order valence-electron chi connectivity index (χ3n) is 2.51. The zero-order valence-corrected chi connectivity index (χ0v) is 8.55. The van der Waals surface area contributed by atoms with Crippen molar-refractivity contribution in [1.29, 1.82) is 0 Å². The van der Waals surface area contributed by atoms with Crippen molar-refractivity contribution in [2.24, 2.45) is 0 Å². The van der Waals surface area contributed by atoms with Crippen molar-refractivity contribution >= 4 is 12.0 Å². The smallest absolute Gasteiger partial charge is 0.318 e. The molecule has 6 nitrogen and oxygen atoms in total. The van der Waals surface area contributed by atoms with E-state index in [0.29, 0.717) is 18.8 Å². The lowest BCUT2D eigenvalue weighted by Gasteiger charge is -2.20. The van der Waals surface area contributed by atoms with E-state index in [1.54, 1.807) is 12.1 Å². The molecule has 1 aromatic rings. The van der Waals surface area contributed by atoms with Crippen molar-refractivity contribution in [1.82, 2.24) is 10.2 Å². The Morgan fingerprint density at radius 2 is 2.50 bits per heavy atom. The number of carboxylic acid groups (broad SMARTS) is 1. The lowest BCUT2D eigenvalue weighted by atomic mass is 10.2. The van der Waals surface area contributed by atoms with Gasteiger partial charge in [0.05, 0.1) is 25.3 Å². The third kappa shape index (κ3) is 2.16. The van der Waals surface area contributed by atoms with Gasteiger partial charge in [0.15, 0.2) is 0 Å². The maximum Gasteiger partial charge on any atom is 0.318 e. The van der Waals surface area contributed by atoms with Gasteiger partial charge in [-0.2, -0.15) is 0 Å². The van der Waals surface area contributed by atoms with Crippen LogP contribution in [0.4, 0.5) is 4.79 Å². The Bertz CT molecular complexity index is 388. The predicted molar refractivity (Wildman–Crippen MR) is 53.7 cm³/mol. The normalized spacial score (nSPS) is 19.9. The second kappa shape index (κ2) is 4.26. The van der Waals surface area contributed by atoms with Crippen molar-refractivity contribution in [3.63, 3.8) is 0 Å². The fourth-order valence-corrected chi connectivity index (χ4v) is 1.74. The molecule has 16 heavy (non-hydrogen) atoms. The van der Waals surface area contributed by atoms with Crippen molar-refractivity contribution in [2.45, 2.75) is 19.0 Å². The summed E-state index contributed by atoms with van der Waals surface area (Å²) in [6.07, 6.45) is 1.47. The predicted octanol–water partition coefficient (Wildman–Crippen LogP) is 0.648. The van der Waals surface area contributed by atoms with Crippen molar-refractivity contribution in [3.8, 4) is 0 Å². The molecular weight excluding hydrogens is 212 g/mol. The number of aliphatic carboxylic acids is 1. The lowest BCUT2D eigenvalue weighted by molar-refractivity contribution is -0.138. The number of nitrogens with zero attached hydrogens (tertiary/aromatic N) is 1. The van der Waals surface area contributed by atoms with E-state index in [1.165, 1.54) is 11.2 Å². The first-order chi connectivity index (χ1) is 7.66. The number of furan rings is 1. The van der Waals surface area contributed by atoms with Crippen molar-refractivity contribution in [2.75, 3.05) is 6.54 Å². The zero-order valence-electron chi connectivity index (χ0n) is 8.55. The number of rotatable bonds is 4. The van der Waals surface area contributed by atoms with E-state index in [1.807, 2.05) is 0 Å². The molecule has 1 unspecified atom stereocenters. The van der Waals surface area contributed by atoms with Gasteiger partial charge < -0.3 is 19.7 Å². The van der Waals surface area contributed by atoms with E-state index in [9.17, 15) is 9.59 Å². The molecule has 0 aromatic carbocycles. The molecule has 1 aliphatic rings. The van der Waals surface area contributed by atoms with E-state index in [4.69, 9.17) is 9.52 Å². The molecule has 1 aromatic heterocycles. The minimum Gasteiger partial charge on any atom is -0.481 e. The first-order valence-corrected chi connectivity index (χ1v) is 4.95. The van der Waals surface area contributed by atoms with Crippen LogP contribution in [-0.4, -0.2) is 34.6 Å². The summed E-state index contributed by atoms with van der Waals surface area (Å²) in [5, 5.41) is 11.3. The number of hydrogen-bond donors (Lipinski definition) is 2. The highest BCUT2D eigenvalue weighted by molar-refractivity contribution is 5.78. The molecule has 1 saturated heterocycles. The Balaban J connectivity index is 2.04. The monoisotopic (exact) mass is 224 g/mol. The van der Waals surface area contributed by atoms with E-state index in [2.05, 4.69) is 5.32 Å². The summed E-state index contributed by atoms with van der Waals surface area (Å²) in [6.45, 7) is 0.669. The van der Waals surface area contributed by atoms with Crippen LogP contribution in [0.5, 0.6) is 0 Å². The first-order valence-electron chi connectivity index (χ1n) is 4.95. The topological polar surface area (TPSA) is 82.8 Å². The van der Waals surface area contributed by atoms with Crippen LogP contribution in [0.15, 0.2) is 22.8 Å². The van der Waals surface area contributed by atoms with Crippen LogP contribution >= 0.6 is 0 Å². The van der Waals surface area contributed by atoms with Gasteiger partial charge in [0.1, 0.15) is 5.76 Å². The molecule has 2 amide bonds. The highest BCUT2D eigenvalue weighted by atomic mass is 16.4. The van der Waals surface area contributed by atoms with E-state index >= 15 is 0 Å². The molecule has 0 spiro atoms. The highest BCUT2D eigenvalue weighted by Gasteiger charge is 2.32. The van der Waals surface area contributed by atoms with Crippen LogP contribution in [0.2, 0.25) is 0 Å². The summed E-state index contributed by atoms with van der Waals surface area (Å²) in [6, 6.07) is 2.93. The van der Waals surface area contributed by atoms with Gasteiger partial charge in [-0.1, -0.05) is 0 Å². The summed E-state index contributed by atoms with van der Waals surface area (Å²) in [7, 11) is 0. The molecule has 0 saturated carbocycles. The number of carboxylic acids is 1. The zero-order chi connectivity index (χ0) is 11.5. The molecule has 1 fully saturated rings. The average molecular weight is 224 g/mol. The van der Waals surface area contributed by atoms with Gasteiger partial charge in [0, 0.05) is 6.54 Å². The van der Waals surface area contributed by atoms with Crippen LogP contribution in [0.25, 0.3) is 0 Å². The summed E-state index contributed by atoms with van der Waals surface area (Å²) < 4.78 is 5.13. The minimum absolute atomic E-state index is 0.0561. The third-order valence-corrected chi connectivity index (χ3v) is 2.51. The largest absolute Gasteiger partial charge is 0.481 e. The Labute approximate surface area is 91.8 Å². The number of urea groups is 1. The van der Waals surface area contributed by atoms with Gasteiger partial charge in [-0.05, 0) is 12.1 Å². The SMILES string of the molecule is O=C(O)CC1CNC(=O)N1Cc1ccco1. The number of hydrogen-bond acceptors (Lipinski definition) is 3. The summed E-state index contributed by atoms with van der Waals surface area (Å²) in [5.74, 6) is -0.265. The number of carbonyl (C=O) groups excluding carboxylic acids is 1. The maximum absolute atomic E-state index is 11.5. The van der Waals surface area contributed by atoms with Gasteiger partial charge in [-0.25, -0.2) is 4.79 Å². The van der Waals surface area contributed by atoms with Gasteiger partial charge in [0.2, 0.25) is 0 Å². The van der Waals surface area contributed by atoms with Crippen LogP contribution in [0, 0.1) is 0 Å². The quantitative estimate of drug-likeness (QED) is 0.786. The maximum atomic E-state index is 11.5. The first kappa shape index (κ1) is 10.5. The second-order valence-corrected chi connectivity index (χ2v) is 3.65. The minimum atomic E-state index is -0.911. The van der Waals surface area contributed by atoms with Crippen molar-refractivity contribution < 1.29 is 19.1 Å². The fourth-order valence-electron chi connectivity index (χ4n) is 1.74. The molecule has 0 aliphatic carbocycles. The van der Waals surface area contributed by atoms with Crippen molar-refractivity contribution in [3.05, 3.63) is 24.2 Å². The molecule has 2 N–H and O–H groups in total. The van der Waals surface area contributed by atoms with Crippen LogP contribution in [0.3, 0.4) is 0 Å². The van der Waals surface area contributed by atoms with E-state index in [0.717, 1.165) is 0 Å². The average Bonchev–Trinajstić information content (AvgIpc) is 2.82. The van der Waals surface area contributed by atoms with E-state index in [-0.39, 0.29) is 18.5 Å². The Morgan fingerprint density at radius 3 is 3.12 bits per heavy atom. The lowest BCUT2D eigenvalue weighted by Crippen LogP contribution is -2.34. The van der Waals surface area contributed by atoms with Crippen LogP contribution in [0.1, 0.15) is 12.2 Å². The van der Waals surface area contributed by atoms with Gasteiger partial charge in [-0.3, -0.25) is 4.79 Å². The van der Waals surface area contributed by atoms with Gasteiger partial charge >= 0.3 is 12.0 Å². The van der Waals surface area contributed by atoms with E-state index < -0.39 is 5.97 Å². The number of nitrogens with one attached hydrogen (secondary N) is 1. The highest BCUT2D eigenvalue weighted by Crippen LogP contribution is 2.15. The molecule has 6 heteroatoms. The molecule has 0 bridgehead atoms.